The molecular weight excluding hydrogens is 1190 g/mol. The number of ether oxygens (including phenoxy) is 11. The lowest BCUT2D eigenvalue weighted by Crippen LogP contribution is -2.30. The first-order valence-electron chi connectivity index (χ1n) is 29.4. The molecule has 1 aliphatic heterocycles. The molecule has 90 heavy (non-hydrogen) atoms. The Morgan fingerprint density at radius 2 is 0.922 bits per heavy atom. The first-order chi connectivity index (χ1) is 43.2. The molecule has 3 aliphatic rings. The van der Waals surface area contributed by atoms with Crippen molar-refractivity contribution in [1.29, 1.82) is 10.5 Å². The smallest absolute Gasteiger partial charge is 0.330 e. The van der Waals surface area contributed by atoms with Crippen molar-refractivity contribution in [1.82, 2.24) is 0 Å². The molecule has 0 radical (unpaired) electrons. The van der Waals surface area contributed by atoms with Crippen molar-refractivity contribution in [2.45, 2.75) is 134 Å². The van der Waals surface area contributed by atoms with Gasteiger partial charge in [-0.1, -0.05) is 49.2 Å². The monoisotopic (exact) mass is 1260 g/mol. The number of hydrogen-bond acceptors (Lipinski definition) is 25. The quantitative estimate of drug-likeness (QED) is 0.0207. The average molecular weight is 1260 g/mol. The molecule has 3 aromatic carbocycles. The molecule has 2 fully saturated rings. The number of rotatable bonds is 31. The SMILES string of the molecule is C=CC(=O)OCC(C)OC(=O)CCC(=O)OCCc1ccc(OC(=O)C2CCC(C(=O)Oc3ccc(OC(=O)C4CCC(C(=O)Oc5ccc(CCOC(=O)CCC(=O)OCC(C)OCC(C)OC(=O)C=C)cc5)CC4)c4c3SC(=C(C#N)C#N)N4)CC2)cc1. The van der Waals surface area contributed by atoms with E-state index in [0.29, 0.717) is 80.6 Å². The van der Waals surface area contributed by atoms with Gasteiger partial charge in [-0.05, 0) is 120 Å². The molecule has 478 valence electrons. The summed E-state index contributed by atoms with van der Waals surface area (Å²) in [6.45, 7) is 11.5. The summed E-state index contributed by atoms with van der Waals surface area (Å²) < 4.78 is 59.3. The molecular formula is C65H71N3O21S. The Labute approximate surface area is 524 Å². The van der Waals surface area contributed by atoms with E-state index in [0.717, 1.165) is 35.0 Å². The van der Waals surface area contributed by atoms with Crippen molar-refractivity contribution in [3.8, 4) is 35.1 Å². The number of hydrogen-bond donors (Lipinski definition) is 1. The maximum Gasteiger partial charge on any atom is 0.330 e. The van der Waals surface area contributed by atoms with Gasteiger partial charge in [0.25, 0.3) is 0 Å². The Balaban J connectivity index is 0.885. The fourth-order valence-electron chi connectivity index (χ4n) is 9.38. The van der Waals surface area contributed by atoms with Crippen LogP contribution in [0.3, 0.4) is 0 Å². The fraction of sp³-hybridized carbons (Fsp3) is 0.446. The Hall–Kier alpha value is -9.33. The number of nitrogens with zero attached hydrogens (tertiary/aromatic N) is 2. The highest BCUT2D eigenvalue weighted by atomic mass is 32.2. The number of anilines is 1. The minimum atomic E-state index is -0.701. The number of thioether (sulfide) groups is 1. The van der Waals surface area contributed by atoms with Crippen LogP contribution in [0.25, 0.3) is 0 Å². The van der Waals surface area contributed by atoms with E-state index in [4.69, 9.17) is 52.1 Å². The number of carbonyl (C=O) groups is 10. The first kappa shape index (κ1) is 69.8. The van der Waals surface area contributed by atoms with Gasteiger partial charge < -0.3 is 57.4 Å². The molecule has 1 N–H and O–H groups in total. The van der Waals surface area contributed by atoms with Gasteiger partial charge in [-0.3, -0.25) is 38.4 Å². The molecule has 6 rings (SSSR count). The molecule has 3 atom stereocenters. The van der Waals surface area contributed by atoms with Gasteiger partial charge in [0.15, 0.2) is 11.3 Å². The molecule has 1 heterocycles. The lowest BCUT2D eigenvalue weighted by Gasteiger charge is -2.26. The lowest BCUT2D eigenvalue weighted by molar-refractivity contribution is -0.157. The minimum absolute atomic E-state index is 0.0448. The molecule has 3 unspecified atom stereocenters. The Morgan fingerprint density at radius 1 is 0.511 bits per heavy atom. The van der Waals surface area contributed by atoms with E-state index < -0.39 is 102 Å². The third kappa shape index (κ3) is 22.7. The number of allylic oxidation sites excluding steroid dienone is 1. The van der Waals surface area contributed by atoms with Gasteiger partial charge in [-0.2, -0.15) is 10.5 Å². The zero-order valence-corrected chi connectivity index (χ0v) is 51.0. The van der Waals surface area contributed by atoms with E-state index in [1.807, 2.05) is 12.1 Å². The molecule has 2 aliphatic carbocycles. The molecule has 0 bridgehead atoms. The number of carbonyl (C=O) groups excluding carboxylic acids is 10. The summed E-state index contributed by atoms with van der Waals surface area (Å²) in [5.74, 6) is -6.97. The average Bonchev–Trinajstić information content (AvgIpc) is 1.94. The van der Waals surface area contributed by atoms with E-state index in [2.05, 4.69) is 18.5 Å². The van der Waals surface area contributed by atoms with Crippen molar-refractivity contribution < 1.29 is 100 Å². The number of nitriles is 2. The molecule has 24 nitrogen and oxygen atoms in total. The van der Waals surface area contributed by atoms with Crippen LogP contribution in [-0.2, 0) is 93.9 Å². The Kier molecular flexibility index (Phi) is 27.6. The predicted octanol–water partition coefficient (Wildman–Crippen LogP) is 8.56. The minimum Gasteiger partial charge on any atom is -0.465 e. The normalized spacial score (nSPS) is 17.4. The second-order valence-electron chi connectivity index (χ2n) is 21.3. The van der Waals surface area contributed by atoms with Crippen LogP contribution in [-0.4, -0.2) is 111 Å². The highest BCUT2D eigenvalue weighted by molar-refractivity contribution is 8.03. The molecule has 3 aromatic rings. The van der Waals surface area contributed by atoms with E-state index in [-0.39, 0.29) is 86.5 Å². The van der Waals surface area contributed by atoms with E-state index in [1.165, 1.54) is 12.1 Å². The second-order valence-corrected chi connectivity index (χ2v) is 22.4. The van der Waals surface area contributed by atoms with Crippen LogP contribution in [0.5, 0.6) is 23.0 Å². The van der Waals surface area contributed by atoms with Crippen molar-refractivity contribution >= 4 is 77.1 Å². The summed E-state index contributed by atoms with van der Waals surface area (Å²) in [4.78, 5) is 125. The summed E-state index contributed by atoms with van der Waals surface area (Å²) in [6, 6.07) is 20.0. The van der Waals surface area contributed by atoms with Crippen molar-refractivity contribution in [2.75, 3.05) is 38.4 Å². The summed E-state index contributed by atoms with van der Waals surface area (Å²) >= 11 is 0.972. The van der Waals surface area contributed by atoms with Crippen LogP contribution in [0.15, 0.2) is 101 Å². The number of fused-ring (bicyclic) bond motifs is 1. The maximum atomic E-state index is 13.7. The van der Waals surface area contributed by atoms with E-state index in [1.54, 1.807) is 69.3 Å². The van der Waals surface area contributed by atoms with Crippen molar-refractivity contribution in [2.24, 2.45) is 23.7 Å². The molecule has 25 heteroatoms. The predicted molar refractivity (Wildman–Crippen MR) is 317 cm³/mol. The molecule has 0 saturated heterocycles. The largest absolute Gasteiger partial charge is 0.465 e. The zero-order valence-electron chi connectivity index (χ0n) is 50.2. The highest BCUT2D eigenvalue weighted by Gasteiger charge is 2.37. The van der Waals surface area contributed by atoms with Crippen LogP contribution in [0.2, 0.25) is 0 Å². The van der Waals surface area contributed by atoms with Crippen molar-refractivity contribution in [3.63, 3.8) is 0 Å². The van der Waals surface area contributed by atoms with Gasteiger partial charge in [0.05, 0.1) is 80.2 Å². The Bertz CT molecular complexity index is 3210. The van der Waals surface area contributed by atoms with Gasteiger partial charge >= 0.3 is 59.7 Å². The van der Waals surface area contributed by atoms with Crippen LogP contribution >= 0.6 is 11.8 Å². The highest BCUT2D eigenvalue weighted by Crippen LogP contribution is 2.52. The maximum absolute atomic E-state index is 13.7. The van der Waals surface area contributed by atoms with Gasteiger partial charge in [0.2, 0.25) is 0 Å². The molecule has 0 amide bonds. The third-order valence-electron chi connectivity index (χ3n) is 14.4. The standard InChI is InChI=1S/C65H71N3O21S/c1-6-53(69)82-38-41(5)85-58(74)29-28-56(72)80-33-31-43-10-22-50(23-11-43)87-63(76)45-14-18-47(19-15-45)65(78)89-52-25-24-51(59-60(52)90-61(68-59)48(34-66)35-67)88-64(77)46-16-12-44(13-17-46)62(75)86-49-20-8-42(9-21-49)30-32-79-55(71)26-27-57(73)83-36-39(3)81-37-40(4)84-54(70)7-2/h6-11,20-25,39-41,44-47,68H,1-2,12-19,26-33,36-38H2,3-5H3. The summed E-state index contributed by atoms with van der Waals surface area (Å²) in [5, 5.41) is 22.5. The van der Waals surface area contributed by atoms with Gasteiger partial charge in [0.1, 0.15) is 65.5 Å². The summed E-state index contributed by atoms with van der Waals surface area (Å²) in [7, 11) is 0. The lowest BCUT2D eigenvalue weighted by atomic mass is 9.82. The number of benzene rings is 3. The van der Waals surface area contributed by atoms with Crippen LogP contribution in [0.1, 0.15) is 109 Å². The molecule has 0 aromatic heterocycles. The number of esters is 10. The van der Waals surface area contributed by atoms with E-state index >= 15 is 0 Å². The van der Waals surface area contributed by atoms with Gasteiger partial charge in [-0.15, -0.1) is 0 Å². The van der Waals surface area contributed by atoms with E-state index in [9.17, 15) is 58.5 Å². The number of nitrogens with one attached hydrogen (secondary N) is 1. The van der Waals surface area contributed by atoms with Crippen LogP contribution in [0, 0.1) is 46.3 Å². The topological polar surface area (TPSA) is 332 Å². The summed E-state index contributed by atoms with van der Waals surface area (Å²) in [5.41, 5.74) is 1.58. The van der Waals surface area contributed by atoms with Crippen LogP contribution < -0.4 is 24.3 Å². The second kappa shape index (κ2) is 35.6. The third-order valence-corrected chi connectivity index (χ3v) is 15.5. The van der Waals surface area contributed by atoms with Gasteiger partial charge in [0, 0.05) is 25.0 Å². The molecule has 0 spiro atoms. The van der Waals surface area contributed by atoms with Gasteiger partial charge in [-0.25, -0.2) is 9.59 Å². The zero-order chi connectivity index (χ0) is 65.1. The van der Waals surface area contributed by atoms with Crippen LogP contribution in [0.4, 0.5) is 5.69 Å². The Morgan fingerprint density at radius 3 is 1.39 bits per heavy atom. The fourth-order valence-corrected chi connectivity index (χ4v) is 10.4. The molecule has 2 saturated carbocycles. The first-order valence-corrected chi connectivity index (χ1v) is 30.2. The van der Waals surface area contributed by atoms with Crippen molar-refractivity contribution in [3.05, 3.63) is 108 Å². The summed E-state index contributed by atoms with van der Waals surface area (Å²) in [6.07, 6.45) is 2.99.